The lowest BCUT2D eigenvalue weighted by Crippen LogP contribution is -2.20. The molecule has 2 unspecified atom stereocenters. The molecule has 0 aromatic carbocycles. The smallest absolute Gasteiger partial charge is 0.264 e. The third-order valence-corrected chi connectivity index (χ3v) is 3.80. The molecular formula is C13H16N4O. The van der Waals surface area contributed by atoms with E-state index in [1.807, 2.05) is 0 Å². The molecule has 1 aliphatic rings. The highest BCUT2D eigenvalue weighted by atomic mass is 16.1. The van der Waals surface area contributed by atoms with Gasteiger partial charge in [-0.05, 0) is 30.7 Å². The first-order valence-corrected chi connectivity index (χ1v) is 6.27. The molecule has 94 valence electrons. The monoisotopic (exact) mass is 244 g/mol. The molecule has 2 aromatic rings. The maximum absolute atomic E-state index is 11.0. The molecule has 0 fully saturated rings. The van der Waals surface area contributed by atoms with Crippen LogP contribution in [0.2, 0.25) is 0 Å². The summed E-state index contributed by atoms with van der Waals surface area (Å²) in [6.45, 7) is 4.53. The minimum Gasteiger partial charge on any atom is -0.340 e. The van der Waals surface area contributed by atoms with E-state index in [0.717, 1.165) is 24.4 Å². The predicted octanol–water partition coefficient (Wildman–Crippen LogP) is 1.53. The molecule has 5 nitrogen and oxygen atoms in total. The van der Waals surface area contributed by atoms with Crippen LogP contribution in [0.3, 0.4) is 0 Å². The highest BCUT2D eigenvalue weighted by molar-refractivity contribution is 5.49. The molecule has 1 aliphatic carbocycles. The van der Waals surface area contributed by atoms with E-state index in [1.165, 1.54) is 11.8 Å². The van der Waals surface area contributed by atoms with Crippen molar-refractivity contribution in [1.29, 1.82) is 0 Å². The lowest BCUT2D eigenvalue weighted by Gasteiger charge is -2.24. The number of nitrogens with zero attached hydrogens (tertiary/aromatic N) is 2. The zero-order chi connectivity index (χ0) is 12.7. The van der Waals surface area contributed by atoms with E-state index in [2.05, 4.69) is 34.0 Å². The molecule has 0 bridgehead atoms. The van der Waals surface area contributed by atoms with E-state index in [4.69, 9.17) is 0 Å². The molecule has 0 radical (unpaired) electrons. The summed E-state index contributed by atoms with van der Waals surface area (Å²) in [5, 5.41) is 6.43. The summed E-state index contributed by atoms with van der Waals surface area (Å²) in [6.07, 6.45) is 2.04. The Morgan fingerprint density at radius 3 is 2.72 bits per heavy atom. The Balaban J connectivity index is 1.98. The Labute approximate surface area is 105 Å². The molecule has 2 aromatic heterocycles. The van der Waals surface area contributed by atoms with Crippen molar-refractivity contribution in [2.75, 3.05) is 0 Å². The average molecular weight is 244 g/mol. The topological polar surface area (TPSA) is 74.4 Å². The van der Waals surface area contributed by atoms with Gasteiger partial charge in [-0.25, -0.2) is 10.1 Å². The highest BCUT2D eigenvalue weighted by Gasteiger charge is 2.25. The minimum atomic E-state index is -0.197. The molecule has 2 atom stereocenters. The first-order valence-electron chi connectivity index (χ1n) is 6.27. The first kappa shape index (κ1) is 11.2. The summed E-state index contributed by atoms with van der Waals surface area (Å²) in [6, 6.07) is 3.16. The molecule has 0 amide bonds. The molecular weight excluding hydrogens is 228 g/mol. The summed E-state index contributed by atoms with van der Waals surface area (Å²) in [7, 11) is 0. The second-order valence-corrected chi connectivity index (χ2v) is 5.18. The molecule has 3 rings (SSSR count). The lowest BCUT2D eigenvalue weighted by atomic mass is 9.82. The molecule has 0 spiro atoms. The van der Waals surface area contributed by atoms with Crippen LogP contribution in [-0.2, 0) is 12.8 Å². The van der Waals surface area contributed by atoms with Crippen molar-refractivity contribution in [3.05, 3.63) is 33.9 Å². The van der Waals surface area contributed by atoms with Gasteiger partial charge in [0.15, 0.2) is 5.82 Å². The quantitative estimate of drug-likeness (QED) is 0.799. The fourth-order valence-corrected chi connectivity index (χ4v) is 2.41. The summed E-state index contributed by atoms with van der Waals surface area (Å²) in [5.74, 6) is 2.09. The fourth-order valence-electron chi connectivity index (χ4n) is 2.41. The van der Waals surface area contributed by atoms with Crippen LogP contribution in [0.1, 0.15) is 25.2 Å². The van der Waals surface area contributed by atoms with Gasteiger partial charge in [0.05, 0.1) is 5.69 Å². The van der Waals surface area contributed by atoms with Gasteiger partial charge in [0.1, 0.15) is 5.69 Å². The third-order valence-electron chi connectivity index (χ3n) is 3.80. The number of H-pyrrole nitrogens is 2. The van der Waals surface area contributed by atoms with Gasteiger partial charge in [0.2, 0.25) is 0 Å². The Kier molecular flexibility index (Phi) is 2.54. The SMILES string of the molecule is CC1Cc2nc(-c3ccc(=O)[nH]n3)[nH]c2CC1C. The van der Waals surface area contributed by atoms with Gasteiger partial charge in [-0.3, -0.25) is 4.79 Å². The number of fused-ring (bicyclic) bond motifs is 1. The number of hydrogen-bond donors (Lipinski definition) is 2. The maximum Gasteiger partial charge on any atom is 0.264 e. The lowest BCUT2D eigenvalue weighted by molar-refractivity contribution is 0.355. The highest BCUT2D eigenvalue weighted by Crippen LogP contribution is 2.29. The number of imidazole rings is 1. The zero-order valence-corrected chi connectivity index (χ0v) is 10.5. The second-order valence-electron chi connectivity index (χ2n) is 5.18. The van der Waals surface area contributed by atoms with Crippen molar-refractivity contribution in [1.82, 2.24) is 20.2 Å². The largest absolute Gasteiger partial charge is 0.340 e. The summed E-state index contributed by atoms with van der Waals surface area (Å²) >= 11 is 0. The molecule has 0 saturated heterocycles. The van der Waals surface area contributed by atoms with E-state index in [0.29, 0.717) is 17.5 Å². The zero-order valence-electron chi connectivity index (χ0n) is 10.5. The summed E-state index contributed by atoms with van der Waals surface area (Å²) in [5.41, 5.74) is 2.84. The molecule has 0 aliphatic heterocycles. The number of nitrogens with one attached hydrogen (secondary N) is 2. The maximum atomic E-state index is 11.0. The van der Waals surface area contributed by atoms with E-state index < -0.39 is 0 Å². The van der Waals surface area contributed by atoms with Crippen LogP contribution in [0.15, 0.2) is 16.9 Å². The van der Waals surface area contributed by atoms with Crippen molar-refractivity contribution in [3.63, 3.8) is 0 Å². The Morgan fingerprint density at radius 1 is 1.22 bits per heavy atom. The van der Waals surface area contributed by atoms with Crippen molar-refractivity contribution in [3.8, 4) is 11.5 Å². The van der Waals surface area contributed by atoms with Gasteiger partial charge in [-0.15, -0.1) is 0 Å². The third kappa shape index (κ3) is 1.85. The van der Waals surface area contributed by atoms with Crippen molar-refractivity contribution < 1.29 is 0 Å². The van der Waals surface area contributed by atoms with Crippen LogP contribution >= 0.6 is 0 Å². The van der Waals surface area contributed by atoms with Crippen LogP contribution in [0.25, 0.3) is 11.5 Å². The molecule has 0 saturated carbocycles. The fraction of sp³-hybridized carbons (Fsp3) is 0.462. The number of aromatic nitrogens is 4. The van der Waals surface area contributed by atoms with Gasteiger partial charge in [-0.1, -0.05) is 13.8 Å². The van der Waals surface area contributed by atoms with E-state index in [1.54, 1.807) is 6.07 Å². The van der Waals surface area contributed by atoms with Gasteiger partial charge >= 0.3 is 0 Å². The molecule has 18 heavy (non-hydrogen) atoms. The minimum absolute atomic E-state index is 0.197. The first-order chi connectivity index (χ1) is 8.63. The summed E-state index contributed by atoms with van der Waals surface area (Å²) in [4.78, 5) is 18.9. The van der Waals surface area contributed by atoms with E-state index in [9.17, 15) is 4.79 Å². The van der Waals surface area contributed by atoms with E-state index in [-0.39, 0.29) is 5.56 Å². The second kappa shape index (κ2) is 4.08. The van der Waals surface area contributed by atoms with Crippen molar-refractivity contribution in [2.45, 2.75) is 26.7 Å². The van der Waals surface area contributed by atoms with Crippen LogP contribution in [0.5, 0.6) is 0 Å². The van der Waals surface area contributed by atoms with Crippen LogP contribution in [-0.4, -0.2) is 20.2 Å². The predicted molar refractivity (Wildman–Crippen MR) is 68.2 cm³/mol. The van der Waals surface area contributed by atoms with Gasteiger partial charge in [0.25, 0.3) is 5.56 Å². The molecule has 2 heterocycles. The van der Waals surface area contributed by atoms with Gasteiger partial charge < -0.3 is 4.98 Å². The Bertz CT molecular complexity index is 580. The summed E-state index contributed by atoms with van der Waals surface area (Å²) < 4.78 is 0. The van der Waals surface area contributed by atoms with Crippen LogP contribution in [0, 0.1) is 11.8 Å². The Hall–Kier alpha value is -1.91. The standard InChI is InChI=1S/C13H16N4O/c1-7-5-10-11(6-8(7)2)15-13(14-10)9-3-4-12(18)17-16-9/h3-4,7-8H,5-6H2,1-2H3,(H,14,15)(H,17,18). The van der Waals surface area contributed by atoms with Crippen molar-refractivity contribution >= 4 is 0 Å². The average Bonchev–Trinajstić information content (AvgIpc) is 2.73. The van der Waals surface area contributed by atoms with Crippen LogP contribution < -0.4 is 5.56 Å². The van der Waals surface area contributed by atoms with E-state index >= 15 is 0 Å². The number of hydrogen-bond acceptors (Lipinski definition) is 3. The normalized spacial score (nSPS) is 22.8. The molecule has 5 heteroatoms. The number of aromatic amines is 2. The van der Waals surface area contributed by atoms with Crippen LogP contribution in [0.4, 0.5) is 0 Å². The van der Waals surface area contributed by atoms with Gasteiger partial charge in [-0.2, -0.15) is 5.10 Å². The molecule has 2 N–H and O–H groups in total. The van der Waals surface area contributed by atoms with Crippen molar-refractivity contribution in [2.24, 2.45) is 11.8 Å². The van der Waals surface area contributed by atoms with Gasteiger partial charge in [0, 0.05) is 11.8 Å². The Morgan fingerprint density at radius 2 is 2.00 bits per heavy atom. The number of rotatable bonds is 1.